The number of anilines is 2. The van der Waals surface area contributed by atoms with E-state index in [1.165, 1.54) is 0 Å². The molecule has 2 fully saturated rings. The fraction of sp³-hybridized carbons (Fsp3) is 0.774. The second-order valence-corrected chi connectivity index (χ2v) is 30.4. The molecule has 0 bridgehead atoms. The summed E-state index contributed by atoms with van der Waals surface area (Å²) in [7, 11) is -21.5. The Morgan fingerprint density at radius 2 is 0.554 bits per heavy atom. The summed E-state index contributed by atoms with van der Waals surface area (Å²) in [6, 6.07) is -1.53. The molecule has 2 saturated carbocycles. The number of carbonyl (C=O) groups excluding carboxylic acids is 2. The third kappa shape index (κ3) is 34.7. The highest BCUT2D eigenvalue weighted by Gasteiger charge is 2.40. The largest absolute Gasteiger partial charge is 0.379 e. The van der Waals surface area contributed by atoms with Crippen molar-refractivity contribution in [1.82, 2.24) is 4.90 Å². The molecule has 0 heterocycles. The van der Waals surface area contributed by atoms with Gasteiger partial charge in [0, 0.05) is 31.6 Å². The summed E-state index contributed by atoms with van der Waals surface area (Å²) >= 11 is 0. The molecule has 2 aromatic rings. The first-order valence-corrected chi connectivity index (χ1v) is 40.2. The number of primary sulfonamides is 2. The number of nitrogens with two attached hydrogens (primary N) is 3. The van der Waals surface area contributed by atoms with Crippen LogP contribution in [0.25, 0.3) is 0 Å². The van der Waals surface area contributed by atoms with Gasteiger partial charge in [0.1, 0.15) is 9.79 Å². The standard InChI is InChI=1S/C62H102F6N6O23S4/c63-51-53(65)61(57(55(67)59(51)100(70,81)82)72-47-11-7-3-1-4-8-12-47)98(77,78)45-17-74(18-46-99(79,80)62-54(66)52(64)60(101(71,83)84)56(68)58(62)73-48-13-9-5-2-6-10-14-48)50(76)16-20-86-22-24-88-26-28-90-30-32-92-34-36-94-38-40-96-42-44-97-43-41-95-39-37-93-35-33-91-31-29-89-27-25-87-23-21-85-19-15-49(69)75/h47-48,72-73H,1-46H2,(H2,69,75)(H2,70,81,82)(H2,71,83,84). The van der Waals surface area contributed by atoms with Gasteiger partial charge in [-0.15, -0.1) is 0 Å². The molecule has 584 valence electrons. The number of ether oxygens (including phenoxy) is 13. The summed E-state index contributed by atoms with van der Waals surface area (Å²) in [5, 5.41) is 15.2. The number of sulfonamides is 2. The van der Waals surface area contributed by atoms with Gasteiger partial charge in [-0.2, -0.15) is 0 Å². The second-order valence-electron chi connectivity index (χ2n) is 23.4. The van der Waals surface area contributed by atoms with Gasteiger partial charge in [0.2, 0.25) is 31.9 Å². The van der Waals surface area contributed by atoms with E-state index in [-0.39, 0.29) is 78.4 Å². The molecule has 0 saturated heterocycles. The quantitative estimate of drug-likeness (QED) is 0.0347. The molecular formula is C62H102F6N6O23S4. The van der Waals surface area contributed by atoms with Crippen molar-refractivity contribution in [2.24, 2.45) is 16.0 Å². The van der Waals surface area contributed by atoms with E-state index in [4.69, 9.17) is 77.6 Å². The first-order valence-electron chi connectivity index (χ1n) is 33.8. The monoisotopic (exact) mass is 1540 g/mol. The smallest absolute Gasteiger partial charge is 0.244 e. The fourth-order valence-electron chi connectivity index (χ4n) is 10.4. The van der Waals surface area contributed by atoms with E-state index in [9.17, 15) is 43.3 Å². The molecule has 39 heteroatoms. The van der Waals surface area contributed by atoms with Crippen LogP contribution in [0, 0.1) is 34.9 Å². The second kappa shape index (κ2) is 49.5. The number of primary amides is 1. The Balaban J connectivity index is 1.17. The number of rotatable bonds is 56. The minimum Gasteiger partial charge on any atom is -0.379 e. The Morgan fingerprint density at radius 3 is 0.792 bits per heavy atom. The lowest BCUT2D eigenvalue weighted by atomic mass is 9.96. The molecule has 8 N–H and O–H groups in total. The fourth-order valence-corrected chi connectivity index (χ4v) is 14.8. The Bertz CT molecular complexity index is 3060. The molecule has 4 rings (SSSR count). The van der Waals surface area contributed by atoms with Crippen LogP contribution in [-0.4, -0.2) is 259 Å². The number of carbonyl (C=O) groups is 2. The topological polar surface area (TPSA) is 396 Å². The normalized spacial score (nSPS) is 14.9. The Kier molecular flexibility index (Phi) is 43.7. The predicted octanol–water partition coefficient (Wildman–Crippen LogP) is 4.42. The van der Waals surface area contributed by atoms with Gasteiger partial charge in [-0.05, 0) is 25.7 Å². The average molecular weight is 1540 g/mol. The van der Waals surface area contributed by atoms with E-state index < -0.39 is 167 Å². The van der Waals surface area contributed by atoms with Crippen molar-refractivity contribution in [2.45, 2.75) is 134 Å². The number of nitrogens with zero attached hydrogens (tertiary/aromatic N) is 1. The van der Waals surface area contributed by atoms with Crippen LogP contribution in [0.1, 0.15) is 103 Å². The number of amides is 2. The lowest BCUT2D eigenvalue weighted by molar-refractivity contribution is -0.132. The molecular weight excluding hydrogens is 1440 g/mol. The number of hydrogen-bond donors (Lipinski definition) is 5. The van der Waals surface area contributed by atoms with E-state index in [2.05, 4.69) is 10.6 Å². The summed E-state index contributed by atoms with van der Waals surface area (Å²) in [4.78, 5) is 18.0. The van der Waals surface area contributed by atoms with E-state index in [1.807, 2.05) is 0 Å². The van der Waals surface area contributed by atoms with Gasteiger partial charge in [0.25, 0.3) is 0 Å². The van der Waals surface area contributed by atoms with Gasteiger partial charge < -0.3 is 82.8 Å². The van der Waals surface area contributed by atoms with Crippen molar-refractivity contribution in [1.29, 1.82) is 0 Å². The molecule has 0 spiro atoms. The Morgan fingerprint density at radius 1 is 0.337 bits per heavy atom. The number of benzene rings is 2. The summed E-state index contributed by atoms with van der Waals surface area (Å²) in [6.45, 7) is 5.32. The van der Waals surface area contributed by atoms with Crippen LogP contribution in [0.4, 0.5) is 37.7 Å². The van der Waals surface area contributed by atoms with Crippen molar-refractivity contribution >= 4 is 62.9 Å². The minimum atomic E-state index is -5.38. The van der Waals surface area contributed by atoms with E-state index in [1.54, 1.807) is 0 Å². The highest BCUT2D eigenvalue weighted by molar-refractivity contribution is 7.92. The maximum atomic E-state index is 16.3. The van der Waals surface area contributed by atoms with Crippen molar-refractivity contribution in [3.63, 3.8) is 0 Å². The van der Waals surface area contributed by atoms with Gasteiger partial charge in [-0.25, -0.2) is 70.3 Å². The SMILES string of the molecule is NC(=O)CCOCCOCCOCCOCCOCCOCCOCCOCCOCCOCCOCCOCCOCCC(=O)N(CCS(=O)(=O)c1c(F)c(F)c(S(N)(=O)=O)c(F)c1NC1CCCCCCC1)CCS(=O)(=O)c1c(F)c(F)c(S(N)(=O)=O)c(F)c1NC1CCCCCCC1. The Hall–Kier alpha value is -4.24. The zero-order valence-electron chi connectivity index (χ0n) is 57.2. The van der Waals surface area contributed by atoms with Crippen LogP contribution in [-0.2, 0) is 111 Å². The van der Waals surface area contributed by atoms with Crippen LogP contribution in [0.3, 0.4) is 0 Å². The van der Waals surface area contributed by atoms with E-state index >= 15 is 26.3 Å². The van der Waals surface area contributed by atoms with E-state index in [0.29, 0.717) is 150 Å². The van der Waals surface area contributed by atoms with Crippen LogP contribution in [0.2, 0.25) is 0 Å². The van der Waals surface area contributed by atoms with Gasteiger partial charge in [0.15, 0.2) is 64.4 Å². The predicted molar refractivity (Wildman–Crippen MR) is 355 cm³/mol. The zero-order valence-corrected chi connectivity index (χ0v) is 60.4. The first kappa shape index (κ1) is 89.2. The highest BCUT2D eigenvalue weighted by Crippen LogP contribution is 2.39. The van der Waals surface area contributed by atoms with Crippen LogP contribution >= 0.6 is 0 Å². The molecule has 0 atom stereocenters. The molecule has 2 aromatic carbocycles. The number of sulfone groups is 2. The molecule has 2 aliphatic rings. The van der Waals surface area contributed by atoms with Gasteiger partial charge in [0.05, 0.1) is 201 Å². The molecule has 101 heavy (non-hydrogen) atoms. The highest BCUT2D eigenvalue weighted by atomic mass is 32.2. The third-order valence-electron chi connectivity index (χ3n) is 15.6. The minimum absolute atomic E-state index is 0.0205. The molecule has 0 radical (unpaired) electrons. The summed E-state index contributed by atoms with van der Waals surface area (Å²) in [5.41, 5.74) is 2.53. The zero-order chi connectivity index (χ0) is 73.9. The van der Waals surface area contributed by atoms with Crippen molar-refractivity contribution < 1.29 is 131 Å². The van der Waals surface area contributed by atoms with Crippen molar-refractivity contribution in [3.8, 4) is 0 Å². The van der Waals surface area contributed by atoms with Gasteiger partial charge >= 0.3 is 0 Å². The number of nitrogens with one attached hydrogen (secondary N) is 2. The van der Waals surface area contributed by atoms with Gasteiger partial charge in [-0.1, -0.05) is 64.2 Å². The molecule has 29 nitrogen and oxygen atoms in total. The molecule has 0 aromatic heterocycles. The maximum Gasteiger partial charge on any atom is 0.244 e. The van der Waals surface area contributed by atoms with Crippen LogP contribution < -0.4 is 26.6 Å². The number of hydrogen-bond acceptors (Lipinski definition) is 25. The van der Waals surface area contributed by atoms with E-state index in [0.717, 1.165) is 38.5 Å². The first-order chi connectivity index (χ1) is 48.3. The lowest BCUT2D eigenvalue weighted by Gasteiger charge is -2.27. The Labute approximate surface area is 588 Å². The number of halogens is 6. The summed E-state index contributed by atoms with van der Waals surface area (Å²) in [5.74, 6) is -18.0. The molecule has 2 aliphatic carbocycles. The average Bonchev–Trinajstić information content (AvgIpc) is 0.754. The van der Waals surface area contributed by atoms with Crippen LogP contribution in [0.5, 0.6) is 0 Å². The van der Waals surface area contributed by atoms with Crippen molar-refractivity contribution in [2.75, 3.05) is 207 Å². The van der Waals surface area contributed by atoms with Crippen LogP contribution in [0.15, 0.2) is 19.6 Å². The molecule has 2 amide bonds. The molecule has 0 unspecified atom stereocenters. The summed E-state index contributed by atoms with van der Waals surface area (Å²) < 4.78 is 274. The third-order valence-corrected chi connectivity index (χ3v) is 20.9. The maximum absolute atomic E-state index is 16.3. The van der Waals surface area contributed by atoms with Crippen molar-refractivity contribution in [3.05, 3.63) is 34.9 Å². The molecule has 0 aliphatic heterocycles. The van der Waals surface area contributed by atoms with Gasteiger partial charge in [-0.3, -0.25) is 9.59 Å². The summed E-state index contributed by atoms with van der Waals surface area (Å²) in [6.07, 6.45) is 7.48. The lowest BCUT2D eigenvalue weighted by Crippen LogP contribution is -2.39.